The molecule has 1 aromatic heterocycles. The van der Waals surface area contributed by atoms with Gasteiger partial charge in [0.15, 0.2) is 0 Å². The monoisotopic (exact) mass is 351 g/mol. The van der Waals surface area contributed by atoms with Crippen LogP contribution >= 0.6 is 11.3 Å². The molecular formula is C20H21N3OS. The van der Waals surface area contributed by atoms with E-state index in [0.29, 0.717) is 12.8 Å². The number of carbonyl (C=O) groups excluding carboxylic acids is 1. The number of aromatic nitrogens is 1. The first-order chi connectivity index (χ1) is 12.1. The topological polar surface area (TPSA) is 45.2 Å². The van der Waals surface area contributed by atoms with Crippen LogP contribution in [0, 0.1) is 0 Å². The van der Waals surface area contributed by atoms with Gasteiger partial charge in [-0.1, -0.05) is 30.3 Å². The predicted octanol–water partition coefficient (Wildman–Crippen LogP) is 4.45. The Morgan fingerprint density at radius 3 is 2.48 bits per heavy atom. The molecule has 3 aromatic rings. The largest absolute Gasteiger partial charge is 0.378 e. The quantitative estimate of drug-likeness (QED) is 0.714. The summed E-state index contributed by atoms with van der Waals surface area (Å²) in [5.74, 6) is 0.00636. The van der Waals surface area contributed by atoms with Gasteiger partial charge in [0.05, 0.1) is 5.69 Å². The Hall–Kier alpha value is -2.66. The second kappa shape index (κ2) is 7.94. The van der Waals surface area contributed by atoms with E-state index in [0.717, 1.165) is 27.6 Å². The Balaban J connectivity index is 1.53. The van der Waals surface area contributed by atoms with E-state index in [-0.39, 0.29) is 5.91 Å². The van der Waals surface area contributed by atoms with Crippen LogP contribution < -0.4 is 10.2 Å². The summed E-state index contributed by atoms with van der Waals surface area (Å²) in [5, 5.41) is 5.96. The Morgan fingerprint density at radius 2 is 1.80 bits per heavy atom. The third-order valence-corrected chi connectivity index (χ3v) is 4.79. The molecule has 2 aromatic carbocycles. The third-order valence-electron chi connectivity index (χ3n) is 3.85. The van der Waals surface area contributed by atoms with Gasteiger partial charge in [0.25, 0.3) is 0 Å². The molecule has 0 fully saturated rings. The summed E-state index contributed by atoms with van der Waals surface area (Å²) >= 11 is 1.62. The number of anilines is 2. The normalized spacial score (nSPS) is 10.5. The average molecular weight is 351 g/mol. The maximum absolute atomic E-state index is 12.1. The molecule has 1 amide bonds. The van der Waals surface area contributed by atoms with Crippen LogP contribution in [0.15, 0.2) is 60.0 Å². The van der Waals surface area contributed by atoms with Gasteiger partial charge in [0.1, 0.15) is 5.01 Å². The van der Waals surface area contributed by atoms with E-state index in [4.69, 9.17) is 0 Å². The van der Waals surface area contributed by atoms with E-state index in [1.165, 1.54) is 0 Å². The van der Waals surface area contributed by atoms with E-state index in [2.05, 4.69) is 10.3 Å². The van der Waals surface area contributed by atoms with Crippen LogP contribution in [-0.4, -0.2) is 25.0 Å². The highest BCUT2D eigenvalue weighted by molar-refractivity contribution is 7.13. The van der Waals surface area contributed by atoms with Crippen molar-refractivity contribution >= 4 is 28.6 Å². The van der Waals surface area contributed by atoms with Crippen LogP contribution in [0.4, 0.5) is 11.4 Å². The SMILES string of the molecule is CN(C)c1ccc(NC(=O)CCc2csc(-c3ccccc3)n2)cc1. The molecule has 0 aliphatic carbocycles. The number of nitrogens with zero attached hydrogens (tertiary/aromatic N) is 2. The molecule has 0 aliphatic rings. The summed E-state index contributed by atoms with van der Waals surface area (Å²) in [4.78, 5) is 18.8. The van der Waals surface area contributed by atoms with Crippen molar-refractivity contribution in [2.75, 3.05) is 24.3 Å². The lowest BCUT2D eigenvalue weighted by Gasteiger charge is -2.13. The molecule has 1 N–H and O–H groups in total. The zero-order valence-corrected chi connectivity index (χ0v) is 15.2. The van der Waals surface area contributed by atoms with Crippen molar-refractivity contribution < 1.29 is 4.79 Å². The molecule has 0 spiro atoms. The lowest BCUT2D eigenvalue weighted by molar-refractivity contribution is -0.116. The number of benzene rings is 2. The second-order valence-electron chi connectivity index (χ2n) is 6.00. The van der Waals surface area contributed by atoms with Crippen molar-refractivity contribution in [2.24, 2.45) is 0 Å². The number of aryl methyl sites for hydroxylation is 1. The Morgan fingerprint density at radius 1 is 1.08 bits per heavy atom. The van der Waals surface area contributed by atoms with E-state index in [9.17, 15) is 4.79 Å². The molecule has 0 atom stereocenters. The van der Waals surface area contributed by atoms with Crippen LogP contribution in [0.3, 0.4) is 0 Å². The summed E-state index contributed by atoms with van der Waals surface area (Å²) in [5.41, 5.74) is 4.00. The summed E-state index contributed by atoms with van der Waals surface area (Å²) < 4.78 is 0. The van der Waals surface area contributed by atoms with Gasteiger partial charge in [-0.3, -0.25) is 4.79 Å². The molecule has 0 radical (unpaired) electrons. The number of hydrogen-bond donors (Lipinski definition) is 1. The maximum atomic E-state index is 12.1. The van der Waals surface area contributed by atoms with E-state index >= 15 is 0 Å². The highest BCUT2D eigenvalue weighted by atomic mass is 32.1. The summed E-state index contributed by atoms with van der Waals surface area (Å²) in [6.07, 6.45) is 1.07. The van der Waals surface area contributed by atoms with Gasteiger partial charge in [-0.15, -0.1) is 11.3 Å². The molecule has 3 rings (SSSR count). The summed E-state index contributed by atoms with van der Waals surface area (Å²) in [6.45, 7) is 0. The van der Waals surface area contributed by atoms with Crippen molar-refractivity contribution in [3.63, 3.8) is 0 Å². The van der Waals surface area contributed by atoms with Gasteiger partial charge in [0, 0.05) is 42.8 Å². The fraction of sp³-hybridized carbons (Fsp3) is 0.200. The molecule has 128 valence electrons. The fourth-order valence-corrected chi connectivity index (χ4v) is 3.30. The van der Waals surface area contributed by atoms with Gasteiger partial charge < -0.3 is 10.2 Å². The molecule has 25 heavy (non-hydrogen) atoms. The van der Waals surface area contributed by atoms with Gasteiger partial charge in [-0.05, 0) is 30.7 Å². The second-order valence-corrected chi connectivity index (χ2v) is 6.86. The van der Waals surface area contributed by atoms with Gasteiger partial charge >= 0.3 is 0 Å². The van der Waals surface area contributed by atoms with Crippen molar-refractivity contribution in [2.45, 2.75) is 12.8 Å². The van der Waals surface area contributed by atoms with E-state index in [1.54, 1.807) is 11.3 Å². The minimum absolute atomic E-state index is 0.00636. The van der Waals surface area contributed by atoms with Crippen LogP contribution in [0.5, 0.6) is 0 Å². The molecule has 0 saturated carbocycles. The molecule has 0 unspecified atom stereocenters. The maximum Gasteiger partial charge on any atom is 0.224 e. The smallest absolute Gasteiger partial charge is 0.224 e. The summed E-state index contributed by atoms with van der Waals surface area (Å²) in [7, 11) is 3.98. The van der Waals surface area contributed by atoms with Crippen LogP contribution in [-0.2, 0) is 11.2 Å². The van der Waals surface area contributed by atoms with E-state index in [1.807, 2.05) is 79.0 Å². The number of carbonyl (C=O) groups is 1. The molecular weight excluding hydrogens is 330 g/mol. The van der Waals surface area contributed by atoms with Gasteiger partial charge in [0.2, 0.25) is 5.91 Å². The van der Waals surface area contributed by atoms with Crippen LogP contribution in [0.25, 0.3) is 10.6 Å². The standard InChI is InChI=1S/C20H21N3OS/c1-23(2)18-11-8-16(9-12-18)21-19(24)13-10-17-14-25-20(22-17)15-6-4-3-5-7-15/h3-9,11-12,14H,10,13H2,1-2H3,(H,21,24). The lowest BCUT2D eigenvalue weighted by atomic mass is 10.2. The molecule has 0 aliphatic heterocycles. The highest BCUT2D eigenvalue weighted by Gasteiger charge is 2.08. The fourth-order valence-electron chi connectivity index (χ4n) is 2.44. The first-order valence-electron chi connectivity index (χ1n) is 8.19. The first-order valence-corrected chi connectivity index (χ1v) is 9.07. The number of rotatable bonds is 6. The minimum atomic E-state index is 0.00636. The number of nitrogens with one attached hydrogen (secondary N) is 1. The van der Waals surface area contributed by atoms with Crippen molar-refractivity contribution in [1.29, 1.82) is 0 Å². The number of thiazole rings is 1. The molecule has 5 heteroatoms. The minimum Gasteiger partial charge on any atom is -0.378 e. The zero-order chi connectivity index (χ0) is 17.6. The number of hydrogen-bond acceptors (Lipinski definition) is 4. The van der Waals surface area contributed by atoms with Gasteiger partial charge in [-0.25, -0.2) is 4.98 Å². The Labute approximate surface area is 152 Å². The lowest BCUT2D eigenvalue weighted by Crippen LogP contribution is -2.13. The predicted molar refractivity (Wildman–Crippen MR) is 105 cm³/mol. The average Bonchev–Trinajstić information content (AvgIpc) is 3.10. The van der Waals surface area contributed by atoms with Crippen LogP contribution in [0.1, 0.15) is 12.1 Å². The van der Waals surface area contributed by atoms with Crippen molar-refractivity contribution in [1.82, 2.24) is 4.98 Å². The van der Waals surface area contributed by atoms with Crippen LogP contribution in [0.2, 0.25) is 0 Å². The Bertz CT molecular complexity index is 826. The van der Waals surface area contributed by atoms with Crippen molar-refractivity contribution in [3.05, 3.63) is 65.7 Å². The van der Waals surface area contributed by atoms with Gasteiger partial charge in [-0.2, -0.15) is 0 Å². The molecule has 0 bridgehead atoms. The third kappa shape index (κ3) is 4.67. The molecule has 1 heterocycles. The molecule has 0 saturated heterocycles. The summed E-state index contributed by atoms with van der Waals surface area (Å²) in [6, 6.07) is 17.9. The first kappa shape index (κ1) is 17.2. The van der Waals surface area contributed by atoms with Crippen molar-refractivity contribution in [3.8, 4) is 10.6 Å². The number of amides is 1. The van der Waals surface area contributed by atoms with E-state index < -0.39 is 0 Å². The highest BCUT2D eigenvalue weighted by Crippen LogP contribution is 2.24. The Kier molecular flexibility index (Phi) is 5.46. The molecule has 4 nitrogen and oxygen atoms in total. The zero-order valence-electron chi connectivity index (χ0n) is 14.4.